The highest BCUT2D eigenvalue weighted by atomic mass is 16.3. The Labute approximate surface area is 169 Å². The molecule has 0 spiro atoms. The Kier molecular flexibility index (Phi) is 4.17. The number of aromatic nitrogens is 4. The summed E-state index contributed by atoms with van der Waals surface area (Å²) in [5, 5.41) is 14.8. The van der Waals surface area contributed by atoms with Crippen molar-refractivity contribution in [1.82, 2.24) is 24.5 Å². The van der Waals surface area contributed by atoms with E-state index in [1.807, 2.05) is 43.0 Å². The van der Waals surface area contributed by atoms with Crippen LogP contribution in [-0.2, 0) is 6.42 Å². The molecule has 4 heterocycles. The van der Waals surface area contributed by atoms with Crippen LogP contribution in [0.1, 0.15) is 46.8 Å². The highest BCUT2D eigenvalue weighted by Gasteiger charge is 2.57. The number of nitrogens with zero attached hydrogens (tertiary/aromatic N) is 5. The van der Waals surface area contributed by atoms with Gasteiger partial charge in [-0.3, -0.25) is 4.79 Å². The van der Waals surface area contributed by atoms with Gasteiger partial charge in [-0.2, -0.15) is 4.98 Å². The third-order valence-electron chi connectivity index (χ3n) is 6.61. The lowest BCUT2D eigenvalue weighted by Crippen LogP contribution is -2.44. The van der Waals surface area contributed by atoms with Gasteiger partial charge in [-0.05, 0) is 51.2 Å². The van der Waals surface area contributed by atoms with Crippen LogP contribution in [0.3, 0.4) is 0 Å². The molecule has 2 saturated heterocycles. The van der Waals surface area contributed by atoms with Crippen LogP contribution >= 0.6 is 0 Å². The van der Waals surface area contributed by atoms with Crippen LogP contribution in [0.15, 0.2) is 36.4 Å². The summed E-state index contributed by atoms with van der Waals surface area (Å²) in [6.07, 6.45) is 3.47. The standard InChI is InChI=1S/C22H25N5O2/c1-14-10-15(2)27-21(23-14)24-19(25-27)20(29)26-17-8-9-18(26)22(12-17,13-28)11-16-6-4-3-5-7-16/h3-7,10,17-18,28H,8-9,11-13H2,1-2H3/t17-,18+,22-/m1/s1. The van der Waals surface area contributed by atoms with Crippen LogP contribution in [-0.4, -0.2) is 54.2 Å². The number of aliphatic hydroxyl groups is 1. The predicted octanol–water partition coefficient (Wildman–Crippen LogP) is 2.34. The Morgan fingerprint density at radius 3 is 2.76 bits per heavy atom. The Morgan fingerprint density at radius 1 is 1.21 bits per heavy atom. The third kappa shape index (κ3) is 2.83. The highest BCUT2D eigenvalue weighted by molar-refractivity contribution is 5.92. The fourth-order valence-corrected chi connectivity index (χ4v) is 5.39. The van der Waals surface area contributed by atoms with Crippen LogP contribution in [0.4, 0.5) is 0 Å². The fourth-order valence-electron chi connectivity index (χ4n) is 5.39. The smallest absolute Gasteiger partial charge is 0.294 e. The lowest BCUT2D eigenvalue weighted by atomic mass is 9.70. The number of fused-ring (bicyclic) bond motifs is 3. The molecule has 5 rings (SSSR count). The van der Waals surface area contributed by atoms with E-state index in [0.717, 1.165) is 37.1 Å². The summed E-state index contributed by atoms with van der Waals surface area (Å²) >= 11 is 0. The molecule has 1 N–H and O–H groups in total. The van der Waals surface area contributed by atoms with E-state index in [2.05, 4.69) is 27.2 Å². The molecule has 2 aromatic heterocycles. The second kappa shape index (κ2) is 6.62. The Balaban J connectivity index is 1.47. The Morgan fingerprint density at radius 2 is 2.00 bits per heavy atom. The van der Waals surface area contributed by atoms with Crippen LogP contribution in [0.25, 0.3) is 5.78 Å². The van der Waals surface area contributed by atoms with Crippen molar-refractivity contribution in [3.05, 3.63) is 59.2 Å². The van der Waals surface area contributed by atoms with Gasteiger partial charge in [0.15, 0.2) is 0 Å². The van der Waals surface area contributed by atoms with Crippen LogP contribution in [0.5, 0.6) is 0 Å². The molecule has 1 aromatic carbocycles. The number of carbonyl (C=O) groups excluding carboxylic acids is 1. The van der Waals surface area contributed by atoms with Crippen molar-refractivity contribution >= 4 is 11.7 Å². The minimum absolute atomic E-state index is 0.00705. The van der Waals surface area contributed by atoms with E-state index in [1.54, 1.807) is 4.52 Å². The van der Waals surface area contributed by atoms with E-state index >= 15 is 0 Å². The van der Waals surface area contributed by atoms with E-state index in [1.165, 1.54) is 5.56 Å². The Bertz CT molecular complexity index is 1080. The number of carbonyl (C=O) groups is 1. The van der Waals surface area contributed by atoms with Gasteiger partial charge in [-0.15, -0.1) is 5.10 Å². The molecule has 7 heteroatoms. The molecule has 0 saturated carbocycles. The second-order valence-corrected chi connectivity index (χ2v) is 8.53. The summed E-state index contributed by atoms with van der Waals surface area (Å²) in [4.78, 5) is 24.2. The van der Waals surface area contributed by atoms with E-state index in [-0.39, 0.29) is 35.8 Å². The maximum atomic E-state index is 13.4. The molecule has 2 aliphatic heterocycles. The molecule has 29 heavy (non-hydrogen) atoms. The zero-order chi connectivity index (χ0) is 20.2. The summed E-state index contributed by atoms with van der Waals surface area (Å²) in [5.74, 6) is 0.495. The average molecular weight is 391 g/mol. The first-order valence-corrected chi connectivity index (χ1v) is 10.2. The van der Waals surface area contributed by atoms with Gasteiger partial charge < -0.3 is 10.0 Å². The van der Waals surface area contributed by atoms with Crippen molar-refractivity contribution in [3.63, 3.8) is 0 Å². The van der Waals surface area contributed by atoms with Crippen molar-refractivity contribution in [3.8, 4) is 0 Å². The van der Waals surface area contributed by atoms with Gasteiger partial charge in [0.2, 0.25) is 5.82 Å². The van der Waals surface area contributed by atoms with E-state index < -0.39 is 0 Å². The summed E-state index contributed by atoms with van der Waals surface area (Å²) in [7, 11) is 0. The first kappa shape index (κ1) is 18.2. The number of benzene rings is 1. The number of aryl methyl sites for hydroxylation is 2. The lowest BCUT2D eigenvalue weighted by molar-refractivity contribution is 0.0562. The van der Waals surface area contributed by atoms with Crippen LogP contribution in [0, 0.1) is 19.3 Å². The van der Waals surface area contributed by atoms with Crippen molar-refractivity contribution in [1.29, 1.82) is 0 Å². The van der Waals surface area contributed by atoms with E-state index in [0.29, 0.717) is 5.78 Å². The van der Waals surface area contributed by atoms with Gasteiger partial charge in [0.05, 0.1) is 6.61 Å². The van der Waals surface area contributed by atoms with Crippen molar-refractivity contribution in [2.45, 2.75) is 51.6 Å². The van der Waals surface area contributed by atoms with E-state index in [9.17, 15) is 9.90 Å². The maximum Gasteiger partial charge on any atom is 0.294 e. The molecule has 3 aromatic rings. The molecular weight excluding hydrogens is 366 g/mol. The number of hydrogen-bond donors (Lipinski definition) is 1. The molecule has 1 amide bonds. The van der Waals surface area contributed by atoms with Gasteiger partial charge in [0.1, 0.15) is 0 Å². The maximum absolute atomic E-state index is 13.4. The minimum Gasteiger partial charge on any atom is -0.396 e. The number of rotatable bonds is 4. The predicted molar refractivity (Wildman–Crippen MR) is 108 cm³/mol. The van der Waals surface area contributed by atoms with Crippen LogP contribution in [0.2, 0.25) is 0 Å². The van der Waals surface area contributed by atoms with Crippen molar-refractivity contribution in [2.24, 2.45) is 5.41 Å². The van der Waals surface area contributed by atoms with Gasteiger partial charge in [0.25, 0.3) is 11.7 Å². The fraction of sp³-hybridized carbons (Fsp3) is 0.455. The van der Waals surface area contributed by atoms with Gasteiger partial charge in [-0.1, -0.05) is 30.3 Å². The van der Waals surface area contributed by atoms with Gasteiger partial charge in [-0.25, -0.2) is 9.50 Å². The van der Waals surface area contributed by atoms with Crippen molar-refractivity contribution < 1.29 is 9.90 Å². The zero-order valence-corrected chi connectivity index (χ0v) is 16.7. The van der Waals surface area contributed by atoms with Crippen LogP contribution < -0.4 is 0 Å². The van der Waals surface area contributed by atoms with Gasteiger partial charge >= 0.3 is 0 Å². The first-order valence-electron chi connectivity index (χ1n) is 10.2. The topological polar surface area (TPSA) is 83.6 Å². The summed E-state index contributed by atoms with van der Waals surface area (Å²) in [6.45, 7) is 3.91. The molecule has 2 fully saturated rings. The number of aliphatic hydroxyl groups excluding tert-OH is 1. The SMILES string of the molecule is Cc1cc(C)n2nc(C(=O)N3[C@@H]4CC[C@H]3[C@](CO)(Cc3ccccc3)C4)nc2n1. The molecule has 3 atom stereocenters. The largest absolute Gasteiger partial charge is 0.396 e. The van der Waals surface area contributed by atoms with Crippen molar-refractivity contribution in [2.75, 3.05) is 6.61 Å². The Hall–Kier alpha value is -2.80. The molecule has 0 radical (unpaired) electrons. The monoisotopic (exact) mass is 391 g/mol. The zero-order valence-electron chi connectivity index (χ0n) is 16.7. The second-order valence-electron chi connectivity index (χ2n) is 8.53. The van der Waals surface area contributed by atoms with Gasteiger partial charge in [0, 0.05) is 28.9 Å². The molecule has 0 aliphatic carbocycles. The summed E-state index contributed by atoms with van der Waals surface area (Å²) < 4.78 is 1.63. The molecule has 2 bridgehead atoms. The normalized spacial score (nSPS) is 25.8. The first-order chi connectivity index (χ1) is 14.0. The lowest BCUT2D eigenvalue weighted by Gasteiger charge is -2.35. The molecule has 0 unspecified atom stereocenters. The molecule has 2 aliphatic rings. The third-order valence-corrected chi connectivity index (χ3v) is 6.61. The highest BCUT2D eigenvalue weighted by Crippen LogP contribution is 2.51. The average Bonchev–Trinajstić information content (AvgIpc) is 3.40. The summed E-state index contributed by atoms with van der Waals surface area (Å²) in [6, 6.07) is 12.3. The summed E-state index contributed by atoms with van der Waals surface area (Å²) in [5.41, 5.74) is 2.65. The quantitative estimate of drug-likeness (QED) is 0.738. The molecule has 150 valence electrons. The number of hydrogen-bond acceptors (Lipinski definition) is 5. The molecule has 7 nitrogen and oxygen atoms in total. The molecular formula is C22H25N5O2. The number of amides is 1. The minimum atomic E-state index is -0.302. The van der Waals surface area contributed by atoms with E-state index in [4.69, 9.17) is 0 Å².